The molecule has 0 bridgehead atoms. The van der Waals surface area contributed by atoms with Gasteiger partial charge in [0.1, 0.15) is 6.54 Å². The molecule has 0 atom stereocenters. The molecule has 0 spiro atoms. The van der Waals surface area contributed by atoms with Gasteiger partial charge in [-0.3, -0.25) is 9.78 Å². The summed E-state index contributed by atoms with van der Waals surface area (Å²) >= 11 is 5.20. The highest BCUT2D eigenvalue weighted by Crippen LogP contribution is 2.19. The summed E-state index contributed by atoms with van der Waals surface area (Å²) in [6.07, 6.45) is 5.59. The minimum atomic E-state index is 0.0151. The molecule has 0 radical (unpaired) electrons. The first-order chi connectivity index (χ1) is 8.24. The summed E-state index contributed by atoms with van der Waals surface area (Å²) in [7, 11) is 0. The van der Waals surface area contributed by atoms with Gasteiger partial charge in [0.05, 0.1) is 17.2 Å². The lowest BCUT2D eigenvalue weighted by Crippen LogP contribution is -2.29. The van der Waals surface area contributed by atoms with E-state index in [4.69, 9.17) is 12.2 Å². The maximum atomic E-state index is 11.7. The van der Waals surface area contributed by atoms with Crippen LogP contribution in [-0.2, 0) is 11.3 Å². The second-order valence-electron chi connectivity index (χ2n) is 4.25. The second kappa shape index (κ2) is 3.96. The first-order valence-corrected chi connectivity index (χ1v) is 5.97. The Labute approximate surface area is 103 Å². The fourth-order valence-corrected chi connectivity index (χ4v) is 2.09. The normalized spacial score (nSPS) is 15.1. The highest BCUT2D eigenvalue weighted by Gasteiger charge is 2.23. The lowest BCUT2D eigenvalue weighted by molar-refractivity contribution is -0.121. The molecule has 6 heteroatoms. The van der Waals surface area contributed by atoms with Crippen LogP contribution in [0.3, 0.4) is 0 Å². The summed E-state index contributed by atoms with van der Waals surface area (Å²) in [5, 5.41) is 2.95. The SMILES string of the molecule is O=C(Cn1c(=S)[nH]c2cnccc21)NC1CC1. The summed E-state index contributed by atoms with van der Waals surface area (Å²) < 4.78 is 2.35. The highest BCUT2D eigenvalue weighted by atomic mass is 32.1. The average molecular weight is 248 g/mol. The van der Waals surface area contributed by atoms with E-state index in [0.29, 0.717) is 10.8 Å². The van der Waals surface area contributed by atoms with Gasteiger partial charge >= 0.3 is 0 Å². The van der Waals surface area contributed by atoms with E-state index in [9.17, 15) is 4.79 Å². The number of carbonyl (C=O) groups is 1. The van der Waals surface area contributed by atoms with Gasteiger partial charge in [-0.15, -0.1) is 0 Å². The number of carbonyl (C=O) groups excluding carboxylic acids is 1. The summed E-state index contributed by atoms with van der Waals surface area (Å²) in [6, 6.07) is 2.23. The van der Waals surface area contributed by atoms with Gasteiger partial charge in [0.25, 0.3) is 0 Å². The van der Waals surface area contributed by atoms with E-state index in [1.54, 1.807) is 17.0 Å². The fraction of sp³-hybridized carbons (Fsp3) is 0.364. The monoisotopic (exact) mass is 248 g/mol. The molecule has 2 aromatic rings. The number of H-pyrrole nitrogens is 1. The molecule has 0 unspecified atom stereocenters. The van der Waals surface area contributed by atoms with E-state index >= 15 is 0 Å². The number of hydrogen-bond donors (Lipinski definition) is 2. The fourth-order valence-electron chi connectivity index (χ4n) is 1.81. The summed E-state index contributed by atoms with van der Waals surface area (Å²) in [5.74, 6) is 0.0151. The van der Waals surface area contributed by atoms with Crippen LogP contribution in [0, 0.1) is 4.77 Å². The molecule has 2 N–H and O–H groups in total. The van der Waals surface area contributed by atoms with Crippen molar-refractivity contribution in [3.8, 4) is 0 Å². The molecule has 0 aromatic carbocycles. The van der Waals surface area contributed by atoms with Crippen LogP contribution < -0.4 is 5.32 Å². The van der Waals surface area contributed by atoms with Gasteiger partial charge in [0.15, 0.2) is 4.77 Å². The molecule has 1 aliphatic rings. The second-order valence-corrected chi connectivity index (χ2v) is 4.64. The van der Waals surface area contributed by atoms with E-state index in [0.717, 1.165) is 23.9 Å². The van der Waals surface area contributed by atoms with Gasteiger partial charge in [0, 0.05) is 12.2 Å². The quantitative estimate of drug-likeness (QED) is 0.806. The zero-order valence-electron chi connectivity index (χ0n) is 9.14. The van der Waals surface area contributed by atoms with Crippen molar-refractivity contribution in [3.63, 3.8) is 0 Å². The molecule has 2 aromatic heterocycles. The third-order valence-electron chi connectivity index (χ3n) is 2.82. The third kappa shape index (κ3) is 2.08. The van der Waals surface area contributed by atoms with Crippen LogP contribution >= 0.6 is 12.2 Å². The molecule has 0 aliphatic heterocycles. The standard InChI is InChI=1S/C11H12N4OS/c16-10(13-7-1-2-7)6-15-9-3-4-12-5-8(9)14-11(15)17/h3-5,7H,1-2,6H2,(H,13,16)(H,14,17). The Morgan fingerprint density at radius 3 is 3.24 bits per heavy atom. The van der Waals surface area contributed by atoms with Gasteiger partial charge in [-0.2, -0.15) is 0 Å². The van der Waals surface area contributed by atoms with E-state index in [1.165, 1.54) is 0 Å². The minimum absolute atomic E-state index is 0.0151. The molecule has 1 saturated carbocycles. The van der Waals surface area contributed by atoms with Gasteiger partial charge in [0.2, 0.25) is 5.91 Å². The van der Waals surface area contributed by atoms with E-state index in [2.05, 4.69) is 15.3 Å². The smallest absolute Gasteiger partial charge is 0.240 e. The summed E-state index contributed by atoms with van der Waals surface area (Å²) in [6.45, 7) is 0.263. The Morgan fingerprint density at radius 2 is 2.47 bits per heavy atom. The minimum Gasteiger partial charge on any atom is -0.352 e. The maximum absolute atomic E-state index is 11.7. The molecule has 3 rings (SSSR count). The van der Waals surface area contributed by atoms with E-state index < -0.39 is 0 Å². The zero-order chi connectivity index (χ0) is 11.8. The van der Waals surface area contributed by atoms with Crippen molar-refractivity contribution in [2.24, 2.45) is 0 Å². The van der Waals surface area contributed by atoms with E-state index in [-0.39, 0.29) is 12.5 Å². The zero-order valence-corrected chi connectivity index (χ0v) is 9.96. The van der Waals surface area contributed by atoms with Crippen LogP contribution in [0.4, 0.5) is 0 Å². The molecule has 1 aliphatic carbocycles. The molecule has 1 fully saturated rings. The van der Waals surface area contributed by atoms with E-state index in [1.807, 2.05) is 6.07 Å². The molecule has 2 heterocycles. The lowest BCUT2D eigenvalue weighted by Gasteiger charge is -2.05. The maximum Gasteiger partial charge on any atom is 0.240 e. The van der Waals surface area contributed by atoms with Gasteiger partial charge < -0.3 is 14.9 Å². The third-order valence-corrected chi connectivity index (χ3v) is 3.14. The van der Waals surface area contributed by atoms with Crippen molar-refractivity contribution < 1.29 is 4.79 Å². The van der Waals surface area contributed by atoms with Crippen molar-refractivity contribution in [1.29, 1.82) is 0 Å². The van der Waals surface area contributed by atoms with Gasteiger partial charge in [-0.1, -0.05) is 0 Å². The largest absolute Gasteiger partial charge is 0.352 e. The number of nitrogens with one attached hydrogen (secondary N) is 2. The summed E-state index contributed by atoms with van der Waals surface area (Å²) in [5.41, 5.74) is 1.77. The number of hydrogen-bond acceptors (Lipinski definition) is 3. The Hall–Kier alpha value is -1.69. The van der Waals surface area contributed by atoms with Crippen molar-refractivity contribution in [1.82, 2.24) is 19.9 Å². The number of nitrogens with zero attached hydrogens (tertiary/aromatic N) is 2. The molecule has 5 nitrogen and oxygen atoms in total. The van der Waals surface area contributed by atoms with Gasteiger partial charge in [-0.25, -0.2) is 0 Å². The van der Waals surface area contributed by atoms with Crippen LogP contribution in [0.1, 0.15) is 12.8 Å². The van der Waals surface area contributed by atoms with Crippen molar-refractivity contribution in [2.75, 3.05) is 0 Å². The predicted molar refractivity (Wildman–Crippen MR) is 66.1 cm³/mol. The Morgan fingerprint density at radius 1 is 1.65 bits per heavy atom. The number of imidazole rings is 1. The Balaban J connectivity index is 1.90. The van der Waals surface area contributed by atoms with Crippen molar-refractivity contribution in [2.45, 2.75) is 25.4 Å². The lowest BCUT2D eigenvalue weighted by atomic mass is 10.4. The Bertz CT molecular complexity index is 626. The molecular formula is C11H12N4OS. The van der Waals surface area contributed by atoms with Gasteiger partial charge in [-0.05, 0) is 31.1 Å². The van der Waals surface area contributed by atoms with Crippen LogP contribution in [0.2, 0.25) is 0 Å². The van der Waals surface area contributed by atoms with Crippen LogP contribution in [0.25, 0.3) is 11.0 Å². The average Bonchev–Trinajstić information content (AvgIpc) is 3.05. The number of fused-ring (bicyclic) bond motifs is 1. The highest BCUT2D eigenvalue weighted by molar-refractivity contribution is 7.71. The molecule has 88 valence electrons. The van der Waals surface area contributed by atoms with Crippen LogP contribution in [0.15, 0.2) is 18.5 Å². The molecule has 1 amide bonds. The van der Waals surface area contributed by atoms with Crippen molar-refractivity contribution in [3.05, 3.63) is 23.2 Å². The molecule has 17 heavy (non-hydrogen) atoms. The van der Waals surface area contributed by atoms with Crippen molar-refractivity contribution >= 4 is 29.2 Å². The first-order valence-electron chi connectivity index (χ1n) is 5.56. The molecular weight excluding hydrogens is 236 g/mol. The number of rotatable bonds is 3. The number of aromatic nitrogens is 3. The Kier molecular flexibility index (Phi) is 2.44. The predicted octanol–water partition coefficient (Wildman–Crippen LogP) is 1.37. The topological polar surface area (TPSA) is 62.7 Å². The summed E-state index contributed by atoms with van der Waals surface area (Å²) in [4.78, 5) is 18.8. The van der Waals surface area contributed by atoms with Crippen LogP contribution in [-0.4, -0.2) is 26.5 Å². The number of amides is 1. The number of pyridine rings is 1. The van der Waals surface area contributed by atoms with Crippen LogP contribution in [0.5, 0.6) is 0 Å². The number of aromatic amines is 1. The molecule has 0 saturated heterocycles. The first kappa shape index (κ1) is 10.5.